The van der Waals surface area contributed by atoms with Crippen molar-refractivity contribution in [2.24, 2.45) is 23.7 Å². The van der Waals surface area contributed by atoms with Gasteiger partial charge < -0.3 is 10.2 Å². The van der Waals surface area contributed by atoms with Crippen molar-refractivity contribution in [1.82, 2.24) is 14.9 Å². The molecule has 1 saturated carbocycles. The molecule has 3 aromatic rings. The molecule has 4 aliphatic rings. The van der Waals surface area contributed by atoms with Crippen LogP contribution in [0.5, 0.6) is 5.75 Å². The summed E-state index contributed by atoms with van der Waals surface area (Å²) in [5, 5.41) is 21.2. The highest BCUT2D eigenvalue weighted by molar-refractivity contribution is 6.33. The lowest BCUT2D eigenvalue weighted by atomic mass is 9.49. The molecular formula is C39H35Cl2F3N4O7. The van der Waals surface area contributed by atoms with Gasteiger partial charge in [-0.25, -0.2) is 4.98 Å². The number of anilines is 1. The summed E-state index contributed by atoms with van der Waals surface area (Å²) in [6.45, 7) is 1.78. The molecule has 2 saturated heterocycles. The molecule has 1 aromatic heterocycles. The van der Waals surface area contributed by atoms with Gasteiger partial charge in [0.2, 0.25) is 11.8 Å². The van der Waals surface area contributed by atoms with Crippen LogP contribution in [0, 0.1) is 30.6 Å². The van der Waals surface area contributed by atoms with Crippen LogP contribution < -0.4 is 5.43 Å². The van der Waals surface area contributed by atoms with Crippen molar-refractivity contribution in [3.05, 3.63) is 98.7 Å². The van der Waals surface area contributed by atoms with Gasteiger partial charge in [0.1, 0.15) is 5.75 Å². The maximum Gasteiger partial charge on any atom is 0.417 e. The van der Waals surface area contributed by atoms with E-state index in [1.807, 2.05) is 6.08 Å². The molecule has 2 aromatic carbocycles. The number of allylic oxidation sites excluding steroid dienone is 2. The summed E-state index contributed by atoms with van der Waals surface area (Å²) in [4.78, 5) is 74.0. The summed E-state index contributed by atoms with van der Waals surface area (Å²) in [6.07, 6.45) is -1.08. The summed E-state index contributed by atoms with van der Waals surface area (Å²) in [7, 11) is 0. The molecule has 6 atom stereocenters. The second-order valence-electron chi connectivity index (χ2n) is 14.5. The SMILES string of the molecule is Cc1cccc(C2C3=CCC4C(=O)N(CCCCCC(=O)O)C(=O)C4C3CC3C(=O)N(Nc4ncc(C(F)(F)F)cc4Cl)C(=O)C32c2ccc(Cl)cc2)c1O. The zero-order valence-corrected chi connectivity index (χ0v) is 30.8. The van der Waals surface area contributed by atoms with Gasteiger partial charge >= 0.3 is 12.1 Å². The van der Waals surface area contributed by atoms with Gasteiger partial charge in [0.05, 0.1) is 33.8 Å². The average molecular weight is 800 g/mol. The number of aromatic nitrogens is 1. The zero-order chi connectivity index (χ0) is 39.6. The van der Waals surface area contributed by atoms with Crippen molar-refractivity contribution >= 4 is 58.6 Å². The summed E-state index contributed by atoms with van der Waals surface area (Å²) in [5.74, 6) is -8.48. The van der Waals surface area contributed by atoms with Crippen molar-refractivity contribution in [3.8, 4) is 5.75 Å². The number of hydrogen-bond acceptors (Lipinski definition) is 8. The van der Waals surface area contributed by atoms with Crippen LogP contribution in [0.2, 0.25) is 10.0 Å². The van der Waals surface area contributed by atoms with Gasteiger partial charge in [-0.2, -0.15) is 18.2 Å². The van der Waals surface area contributed by atoms with Crippen LogP contribution in [-0.2, 0) is 35.6 Å². The second kappa shape index (κ2) is 14.3. The number of aliphatic carboxylic acids is 1. The van der Waals surface area contributed by atoms with E-state index >= 15 is 4.79 Å². The lowest BCUT2D eigenvalue weighted by molar-refractivity contribution is -0.141. The van der Waals surface area contributed by atoms with E-state index in [4.69, 9.17) is 28.3 Å². The maximum atomic E-state index is 15.2. The molecule has 3 fully saturated rings. The van der Waals surface area contributed by atoms with Crippen LogP contribution >= 0.6 is 23.2 Å². The number of imide groups is 2. The summed E-state index contributed by atoms with van der Waals surface area (Å²) in [5.41, 5.74) is 1.39. The van der Waals surface area contributed by atoms with Gasteiger partial charge in [-0.1, -0.05) is 71.6 Å². The number of halogens is 5. The summed E-state index contributed by atoms with van der Waals surface area (Å²) < 4.78 is 40.4. The minimum absolute atomic E-state index is 0.0355. The molecule has 2 aliphatic carbocycles. The molecule has 3 N–H and O–H groups in total. The molecular weight excluding hydrogens is 764 g/mol. The van der Waals surface area contributed by atoms with Crippen molar-refractivity contribution in [1.29, 1.82) is 0 Å². The molecule has 4 amide bonds. The minimum atomic E-state index is -4.76. The lowest BCUT2D eigenvalue weighted by Crippen LogP contribution is -2.53. The van der Waals surface area contributed by atoms with Gasteiger partial charge in [0.15, 0.2) is 5.82 Å². The molecule has 0 bridgehead atoms. The van der Waals surface area contributed by atoms with E-state index in [1.54, 1.807) is 49.4 Å². The number of rotatable bonds is 10. The third kappa shape index (κ3) is 6.32. The lowest BCUT2D eigenvalue weighted by Gasteiger charge is -2.50. The zero-order valence-electron chi connectivity index (χ0n) is 29.3. The van der Waals surface area contributed by atoms with Gasteiger partial charge in [-0.05, 0) is 67.9 Å². The van der Waals surface area contributed by atoms with Crippen molar-refractivity contribution in [2.75, 3.05) is 12.0 Å². The van der Waals surface area contributed by atoms with E-state index in [1.165, 1.54) is 4.90 Å². The Morgan fingerprint density at radius 2 is 1.73 bits per heavy atom. The number of alkyl halides is 3. The highest BCUT2D eigenvalue weighted by Crippen LogP contribution is 2.65. The van der Waals surface area contributed by atoms with Crippen molar-refractivity contribution < 1.29 is 47.4 Å². The van der Waals surface area contributed by atoms with E-state index in [0.717, 1.165) is 0 Å². The number of carboxylic acid groups (broad SMARTS) is 1. The largest absolute Gasteiger partial charge is 0.507 e. The predicted molar refractivity (Wildman–Crippen MR) is 193 cm³/mol. The van der Waals surface area contributed by atoms with Crippen LogP contribution in [0.1, 0.15) is 66.7 Å². The van der Waals surface area contributed by atoms with Crippen molar-refractivity contribution in [2.45, 2.75) is 63.0 Å². The van der Waals surface area contributed by atoms with E-state index in [-0.39, 0.29) is 43.3 Å². The fraction of sp³-hybridized carbons (Fsp3) is 0.385. The van der Waals surface area contributed by atoms with E-state index in [9.17, 15) is 37.5 Å². The third-order valence-corrected chi connectivity index (χ3v) is 12.0. The number of fused-ring (bicyclic) bond motifs is 4. The predicted octanol–water partition coefficient (Wildman–Crippen LogP) is 7.05. The minimum Gasteiger partial charge on any atom is -0.507 e. The van der Waals surface area contributed by atoms with Crippen LogP contribution in [0.4, 0.5) is 19.0 Å². The Bertz CT molecular complexity index is 2150. The third-order valence-electron chi connectivity index (χ3n) is 11.5. The summed E-state index contributed by atoms with van der Waals surface area (Å²) in [6, 6.07) is 12.0. The van der Waals surface area contributed by atoms with E-state index in [0.29, 0.717) is 63.8 Å². The number of benzene rings is 2. The Labute approximate surface area is 323 Å². The molecule has 288 valence electrons. The number of nitrogens with one attached hydrogen (secondary N) is 1. The molecule has 16 heteroatoms. The Morgan fingerprint density at radius 1 is 1.00 bits per heavy atom. The molecule has 7 rings (SSSR count). The quantitative estimate of drug-likeness (QED) is 0.111. The highest BCUT2D eigenvalue weighted by atomic mass is 35.5. The number of pyridine rings is 1. The van der Waals surface area contributed by atoms with Gasteiger partial charge in [0, 0.05) is 35.7 Å². The molecule has 0 radical (unpaired) electrons. The van der Waals surface area contributed by atoms with Crippen LogP contribution in [-0.4, -0.2) is 61.2 Å². The summed E-state index contributed by atoms with van der Waals surface area (Å²) >= 11 is 12.5. The number of amides is 4. The number of carboxylic acids is 1. The normalized spacial score (nSPS) is 26.1. The number of aromatic hydroxyl groups is 1. The maximum absolute atomic E-state index is 15.2. The number of phenolic OH excluding ortho intramolecular Hbond substituents is 1. The molecule has 0 spiro atoms. The Hall–Kier alpha value is -4.95. The number of para-hydroxylation sites is 1. The fourth-order valence-corrected chi connectivity index (χ4v) is 9.38. The standard InChI is InChI=1S/C39H35Cl2F3N4O7/c1-19-6-5-7-25(32(19)51)31-23-13-14-24-30(36(54)47(34(24)52)15-4-2-3-8-29(49)50)26(23)17-27-35(53)48(37(55)38(27,31)20-9-11-22(40)12-10-20)46-33-28(41)16-21(18-45-33)39(42,43)44/h5-7,9-13,16,18,24,26-27,30-31,51H,2-4,8,14-15,17H2,1H3,(H,45,46)(H,49,50). The van der Waals surface area contributed by atoms with E-state index < -0.39 is 75.5 Å². The van der Waals surface area contributed by atoms with Crippen LogP contribution in [0.15, 0.2) is 66.4 Å². The first-order valence-electron chi connectivity index (χ1n) is 17.8. The molecule has 2 aliphatic heterocycles. The highest BCUT2D eigenvalue weighted by Gasteiger charge is 2.70. The number of phenols is 1. The topological polar surface area (TPSA) is 157 Å². The number of carbonyl (C=O) groups excluding carboxylic acids is 4. The van der Waals surface area contributed by atoms with Gasteiger partial charge in [0.25, 0.3) is 11.8 Å². The molecule has 6 unspecified atom stereocenters. The molecule has 3 heterocycles. The first-order chi connectivity index (χ1) is 26.1. The Balaban J connectivity index is 1.35. The number of hydrazine groups is 1. The molecule has 11 nitrogen and oxygen atoms in total. The van der Waals surface area contributed by atoms with Crippen molar-refractivity contribution in [3.63, 3.8) is 0 Å². The van der Waals surface area contributed by atoms with Crippen LogP contribution in [0.3, 0.4) is 0 Å². The Kier molecular flexibility index (Phi) is 9.95. The fourth-order valence-electron chi connectivity index (χ4n) is 9.05. The first kappa shape index (κ1) is 38.3. The molecule has 55 heavy (non-hydrogen) atoms. The second-order valence-corrected chi connectivity index (χ2v) is 15.3. The number of aryl methyl sites for hydroxylation is 1. The first-order valence-corrected chi connectivity index (χ1v) is 18.5. The van der Waals surface area contributed by atoms with Crippen LogP contribution in [0.25, 0.3) is 0 Å². The number of likely N-dealkylation sites (tertiary alicyclic amines) is 1. The number of carbonyl (C=O) groups is 5. The van der Waals surface area contributed by atoms with Gasteiger partial charge in [-0.3, -0.25) is 34.3 Å². The van der Waals surface area contributed by atoms with E-state index in [2.05, 4.69) is 10.4 Å². The monoisotopic (exact) mass is 798 g/mol. The Morgan fingerprint density at radius 3 is 2.40 bits per heavy atom. The number of hydrogen-bond donors (Lipinski definition) is 3. The number of nitrogens with zero attached hydrogens (tertiary/aromatic N) is 3. The number of unbranched alkanes of at least 4 members (excludes halogenated alkanes) is 2. The smallest absolute Gasteiger partial charge is 0.417 e. The average Bonchev–Trinajstić information content (AvgIpc) is 3.50. The van der Waals surface area contributed by atoms with Gasteiger partial charge in [-0.15, -0.1) is 0 Å².